The van der Waals surface area contributed by atoms with Crippen molar-refractivity contribution in [3.63, 3.8) is 0 Å². The van der Waals surface area contributed by atoms with Gasteiger partial charge in [0.05, 0.1) is 12.1 Å². The first-order valence-electron chi connectivity index (χ1n) is 8.75. The van der Waals surface area contributed by atoms with Gasteiger partial charge in [-0.1, -0.05) is 6.42 Å². The number of thioether (sulfide) groups is 1. The molecule has 132 valence electrons. The van der Waals surface area contributed by atoms with E-state index in [0.29, 0.717) is 11.7 Å². The zero-order chi connectivity index (χ0) is 17.2. The molecule has 0 spiro atoms. The summed E-state index contributed by atoms with van der Waals surface area (Å²) in [5.41, 5.74) is 1.91. The molecule has 0 radical (unpaired) electrons. The molecule has 4 rings (SSSR count). The van der Waals surface area contributed by atoms with Crippen LogP contribution in [0.3, 0.4) is 0 Å². The van der Waals surface area contributed by atoms with Crippen LogP contribution in [0.2, 0.25) is 0 Å². The van der Waals surface area contributed by atoms with Gasteiger partial charge in [0.1, 0.15) is 0 Å². The van der Waals surface area contributed by atoms with Crippen molar-refractivity contribution in [1.82, 2.24) is 15.6 Å². The van der Waals surface area contributed by atoms with Gasteiger partial charge in [-0.3, -0.25) is 4.79 Å². The van der Waals surface area contributed by atoms with Crippen molar-refractivity contribution in [3.05, 3.63) is 30.5 Å². The molecule has 1 aromatic heterocycles. The van der Waals surface area contributed by atoms with Crippen molar-refractivity contribution < 1.29 is 9.59 Å². The van der Waals surface area contributed by atoms with Crippen LogP contribution in [0, 0.1) is 0 Å². The Labute approximate surface area is 150 Å². The summed E-state index contributed by atoms with van der Waals surface area (Å²) in [6.07, 6.45) is 5.33. The van der Waals surface area contributed by atoms with E-state index in [0.717, 1.165) is 41.6 Å². The van der Waals surface area contributed by atoms with Crippen LogP contribution in [0.25, 0.3) is 10.9 Å². The molecule has 1 aromatic carbocycles. The second kappa shape index (κ2) is 7.00. The van der Waals surface area contributed by atoms with Gasteiger partial charge in [0, 0.05) is 40.2 Å². The number of amides is 3. The number of unbranched alkanes of at least 4 members (excludes halogenated alkanes) is 1. The van der Waals surface area contributed by atoms with Crippen molar-refractivity contribution >= 4 is 40.3 Å². The predicted molar refractivity (Wildman–Crippen MR) is 101 cm³/mol. The van der Waals surface area contributed by atoms with Gasteiger partial charge in [-0.25, -0.2) is 4.79 Å². The van der Waals surface area contributed by atoms with Crippen molar-refractivity contribution in [3.8, 4) is 0 Å². The summed E-state index contributed by atoms with van der Waals surface area (Å²) in [5, 5.41) is 10.5. The number of H-pyrrole nitrogens is 1. The number of carbonyl (C=O) groups is 2. The molecule has 7 heteroatoms. The second-order valence-electron chi connectivity index (χ2n) is 6.70. The summed E-state index contributed by atoms with van der Waals surface area (Å²) in [6, 6.07) is 8.35. The minimum atomic E-state index is -0.0425. The van der Waals surface area contributed by atoms with Crippen LogP contribution in [0.4, 0.5) is 10.5 Å². The van der Waals surface area contributed by atoms with E-state index in [9.17, 15) is 9.59 Å². The fourth-order valence-corrected chi connectivity index (χ4v) is 5.17. The van der Waals surface area contributed by atoms with Gasteiger partial charge >= 0.3 is 6.03 Å². The maximum absolute atomic E-state index is 12.1. The molecule has 2 aliphatic rings. The molecule has 6 nitrogen and oxygen atoms in total. The molecule has 2 aliphatic heterocycles. The van der Waals surface area contributed by atoms with Gasteiger partial charge in [-0.15, -0.1) is 0 Å². The number of aromatic nitrogens is 1. The van der Waals surface area contributed by atoms with E-state index in [1.165, 1.54) is 0 Å². The van der Waals surface area contributed by atoms with Crippen molar-refractivity contribution in [2.75, 3.05) is 11.1 Å². The van der Waals surface area contributed by atoms with E-state index in [2.05, 4.69) is 20.9 Å². The highest BCUT2D eigenvalue weighted by atomic mass is 32.2. The van der Waals surface area contributed by atoms with Gasteiger partial charge in [0.25, 0.3) is 0 Å². The predicted octanol–water partition coefficient (Wildman–Crippen LogP) is 2.83. The number of anilines is 1. The number of benzene rings is 1. The SMILES string of the molecule is O=C(CCCCC1SC[C@@H]2NC(=O)N[C@H]12)Nc1ccc2[nH]ccc2c1. The number of rotatable bonds is 6. The summed E-state index contributed by atoms with van der Waals surface area (Å²) in [7, 11) is 0. The molecule has 4 N–H and O–H groups in total. The van der Waals surface area contributed by atoms with Crippen LogP contribution < -0.4 is 16.0 Å². The van der Waals surface area contributed by atoms with Crippen LogP contribution in [-0.4, -0.2) is 40.0 Å². The Bertz CT molecular complexity index is 790. The highest BCUT2D eigenvalue weighted by molar-refractivity contribution is 8.00. The van der Waals surface area contributed by atoms with Crippen molar-refractivity contribution in [2.24, 2.45) is 0 Å². The minimum absolute atomic E-state index is 0.0425. The zero-order valence-corrected chi connectivity index (χ0v) is 14.7. The Kier molecular flexibility index (Phi) is 4.57. The van der Waals surface area contributed by atoms with E-state index in [1.54, 1.807) is 0 Å². The number of nitrogens with one attached hydrogen (secondary N) is 4. The molecular weight excluding hydrogens is 336 g/mol. The maximum atomic E-state index is 12.1. The van der Waals surface area contributed by atoms with Crippen LogP contribution in [0.15, 0.2) is 30.5 Å². The van der Waals surface area contributed by atoms with Gasteiger partial charge in [-0.2, -0.15) is 11.8 Å². The van der Waals surface area contributed by atoms with Gasteiger partial charge < -0.3 is 20.9 Å². The van der Waals surface area contributed by atoms with Crippen molar-refractivity contribution in [2.45, 2.75) is 43.0 Å². The molecule has 3 heterocycles. The molecule has 2 fully saturated rings. The van der Waals surface area contributed by atoms with Crippen LogP contribution >= 0.6 is 11.8 Å². The van der Waals surface area contributed by atoms with Crippen LogP contribution in [0.1, 0.15) is 25.7 Å². The fourth-order valence-electron chi connectivity index (χ4n) is 3.63. The van der Waals surface area contributed by atoms with Crippen LogP contribution in [-0.2, 0) is 4.79 Å². The Morgan fingerprint density at radius 2 is 2.16 bits per heavy atom. The second-order valence-corrected chi connectivity index (χ2v) is 7.97. The lowest BCUT2D eigenvalue weighted by Crippen LogP contribution is -2.36. The monoisotopic (exact) mass is 358 g/mol. The fraction of sp³-hybridized carbons (Fsp3) is 0.444. The summed E-state index contributed by atoms with van der Waals surface area (Å²) in [6.45, 7) is 0. The summed E-state index contributed by atoms with van der Waals surface area (Å²) < 4.78 is 0. The highest BCUT2D eigenvalue weighted by Crippen LogP contribution is 2.33. The Balaban J connectivity index is 1.19. The van der Waals surface area contributed by atoms with E-state index in [1.807, 2.05) is 42.2 Å². The number of aromatic amines is 1. The minimum Gasteiger partial charge on any atom is -0.361 e. The molecule has 2 saturated heterocycles. The lowest BCUT2D eigenvalue weighted by molar-refractivity contribution is -0.116. The Morgan fingerprint density at radius 3 is 3.08 bits per heavy atom. The summed E-state index contributed by atoms with van der Waals surface area (Å²) in [5.74, 6) is 1.04. The largest absolute Gasteiger partial charge is 0.361 e. The molecule has 0 aliphatic carbocycles. The molecule has 0 bridgehead atoms. The third kappa shape index (κ3) is 3.61. The lowest BCUT2D eigenvalue weighted by atomic mass is 10.0. The quantitative estimate of drug-likeness (QED) is 0.473. The normalized spacial score (nSPS) is 24.8. The number of hydrogen-bond donors (Lipinski definition) is 4. The van der Waals surface area contributed by atoms with Crippen LogP contribution in [0.5, 0.6) is 0 Å². The maximum Gasteiger partial charge on any atom is 0.315 e. The first-order chi connectivity index (χ1) is 12.2. The van der Waals surface area contributed by atoms with Crippen molar-refractivity contribution in [1.29, 1.82) is 0 Å². The molecular formula is C18H22N4O2S. The van der Waals surface area contributed by atoms with E-state index >= 15 is 0 Å². The molecule has 3 atom stereocenters. The topological polar surface area (TPSA) is 86.0 Å². The first kappa shape index (κ1) is 16.3. The average Bonchev–Trinajstić information content (AvgIpc) is 3.27. The summed E-state index contributed by atoms with van der Waals surface area (Å²) >= 11 is 1.92. The van der Waals surface area contributed by atoms with Gasteiger partial charge in [-0.05, 0) is 37.1 Å². The lowest BCUT2D eigenvalue weighted by Gasteiger charge is -2.16. The van der Waals surface area contributed by atoms with E-state index in [-0.39, 0.29) is 24.0 Å². The highest BCUT2D eigenvalue weighted by Gasteiger charge is 2.42. The van der Waals surface area contributed by atoms with E-state index < -0.39 is 0 Å². The first-order valence-corrected chi connectivity index (χ1v) is 9.79. The molecule has 2 aromatic rings. The molecule has 25 heavy (non-hydrogen) atoms. The van der Waals surface area contributed by atoms with E-state index in [4.69, 9.17) is 0 Å². The number of fused-ring (bicyclic) bond motifs is 2. The van der Waals surface area contributed by atoms with Gasteiger partial charge in [0.15, 0.2) is 0 Å². The smallest absolute Gasteiger partial charge is 0.315 e. The van der Waals surface area contributed by atoms with Gasteiger partial charge in [0.2, 0.25) is 5.91 Å². The third-order valence-electron chi connectivity index (χ3n) is 4.92. The third-order valence-corrected chi connectivity index (χ3v) is 6.43. The Morgan fingerprint density at radius 1 is 1.24 bits per heavy atom. The molecule has 3 amide bonds. The number of urea groups is 1. The number of hydrogen-bond acceptors (Lipinski definition) is 3. The molecule has 1 unspecified atom stereocenters. The standard InChI is InChI=1S/C18H22N4O2S/c23-16(20-12-5-6-13-11(9-12)7-8-19-13)4-2-1-3-15-17-14(10-25-15)21-18(24)22-17/h5-9,14-15,17,19H,1-4,10H2,(H,20,23)(H2,21,22,24)/t14-,15?,17-/m0/s1. The average molecular weight is 358 g/mol. The number of carbonyl (C=O) groups excluding carboxylic acids is 2. The zero-order valence-electron chi connectivity index (χ0n) is 13.9. The summed E-state index contributed by atoms with van der Waals surface area (Å²) in [4.78, 5) is 26.6. The Hall–Kier alpha value is -2.15. The molecule has 0 saturated carbocycles.